The van der Waals surface area contributed by atoms with Gasteiger partial charge in [0.05, 0.1) is 17.6 Å². The van der Waals surface area contributed by atoms with Crippen LogP contribution in [-0.2, 0) is 17.9 Å². The van der Waals surface area contributed by atoms with Crippen molar-refractivity contribution in [2.45, 2.75) is 57.3 Å². The van der Waals surface area contributed by atoms with Crippen LogP contribution in [-0.4, -0.2) is 37.8 Å². The average Bonchev–Trinajstić information content (AvgIpc) is 3.40. The zero-order valence-electron chi connectivity index (χ0n) is 17.5. The second kappa shape index (κ2) is 7.68. The maximum Gasteiger partial charge on any atom is 0.291 e. The Labute approximate surface area is 186 Å². The molecular formula is C24H25ClN4O2. The lowest BCUT2D eigenvalue weighted by atomic mass is 9.93. The van der Waals surface area contributed by atoms with Crippen LogP contribution in [0.1, 0.15) is 48.8 Å². The molecule has 0 spiro atoms. The summed E-state index contributed by atoms with van der Waals surface area (Å²) in [6.07, 6.45) is 4.22. The molecule has 5 rings (SSSR count). The highest BCUT2D eigenvalue weighted by molar-refractivity contribution is 6.31. The number of amides is 2. The van der Waals surface area contributed by atoms with Crippen LogP contribution >= 0.6 is 11.6 Å². The van der Waals surface area contributed by atoms with Crippen LogP contribution in [0.2, 0.25) is 5.02 Å². The van der Waals surface area contributed by atoms with Gasteiger partial charge in [0.25, 0.3) is 5.91 Å². The van der Waals surface area contributed by atoms with Gasteiger partial charge in [-0.05, 0) is 43.5 Å². The molecule has 1 aromatic heterocycles. The summed E-state index contributed by atoms with van der Waals surface area (Å²) in [4.78, 5) is 33.5. The molecule has 1 aliphatic carbocycles. The van der Waals surface area contributed by atoms with Gasteiger partial charge in [-0.1, -0.05) is 54.8 Å². The summed E-state index contributed by atoms with van der Waals surface area (Å²) in [6.45, 7) is 2.44. The molecule has 1 saturated carbocycles. The van der Waals surface area contributed by atoms with E-state index in [1.165, 1.54) is 0 Å². The van der Waals surface area contributed by atoms with Crippen molar-refractivity contribution in [3.63, 3.8) is 0 Å². The number of carbonyl (C=O) groups is 2. The molecule has 1 N–H and O–H groups in total. The molecule has 1 aliphatic heterocycles. The zero-order chi connectivity index (χ0) is 21.6. The Morgan fingerprint density at radius 1 is 1.16 bits per heavy atom. The van der Waals surface area contributed by atoms with Crippen molar-refractivity contribution in [1.29, 1.82) is 0 Å². The molecule has 160 valence electrons. The van der Waals surface area contributed by atoms with E-state index < -0.39 is 5.54 Å². The number of aromatic nitrogens is 2. The number of halogens is 1. The number of benzene rings is 2. The molecule has 2 amide bonds. The van der Waals surface area contributed by atoms with Crippen molar-refractivity contribution >= 4 is 34.4 Å². The molecular weight excluding hydrogens is 412 g/mol. The smallest absolute Gasteiger partial charge is 0.291 e. The molecule has 2 aliphatic rings. The standard InChI is InChI=1S/C24H25ClN4O2/c1-24(23(31)26-17-9-3-4-10-17)15-28-20-13-7-6-12-19(20)27-21(28)22(30)29(24)14-16-8-2-5-11-18(16)25/h2,5-8,11-13,17H,3-4,9-10,14-15H2,1H3,(H,26,31)/t24-/m0/s1. The molecule has 0 saturated heterocycles. The zero-order valence-corrected chi connectivity index (χ0v) is 18.2. The fraction of sp³-hybridized carbons (Fsp3) is 0.375. The Hall–Kier alpha value is -2.86. The Morgan fingerprint density at radius 2 is 1.87 bits per heavy atom. The van der Waals surface area contributed by atoms with E-state index in [2.05, 4.69) is 10.3 Å². The van der Waals surface area contributed by atoms with E-state index in [1.54, 1.807) is 11.0 Å². The Balaban J connectivity index is 1.58. The molecule has 0 unspecified atom stereocenters. The van der Waals surface area contributed by atoms with E-state index in [1.807, 2.05) is 54.0 Å². The van der Waals surface area contributed by atoms with Gasteiger partial charge < -0.3 is 14.8 Å². The fourth-order valence-corrected chi connectivity index (χ4v) is 4.98. The molecule has 3 aromatic rings. The normalized spacial score (nSPS) is 21.5. The van der Waals surface area contributed by atoms with Crippen LogP contribution in [0, 0.1) is 0 Å². The lowest BCUT2D eigenvalue weighted by Crippen LogP contribution is -2.64. The Kier molecular flexibility index (Phi) is 4.97. The predicted octanol–water partition coefficient (Wildman–Crippen LogP) is 4.16. The quantitative estimate of drug-likeness (QED) is 0.667. The van der Waals surface area contributed by atoms with E-state index in [-0.39, 0.29) is 24.4 Å². The minimum atomic E-state index is -1.06. The van der Waals surface area contributed by atoms with Crippen molar-refractivity contribution in [1.82, 2.24) is 19.8 Å². The van der Waals surface area contributed by atoms with Gasteiger partial charge in [0.1, 0.15) is 5.54 Å². The summed E-state index contributed by atoms with van der Waals surface area (Å²) in [5.41, 5.74) is 1.36. The first-order valence-corrected chi connectivity index (χ1v) is 11.2. The highest BCUT2D eigenvalue weighted by atomic mass is 35.5. The largest absolute Gasteiger partial charge is 0.351 e. The molecule has 2 heterocycles. The van der Waals surface area contributed by atoms with Crippen molar-refractivity contribution in [3.8, 4) is 0 Å². The number of nitrogens with one attached hydrogen (secondary N) is 1. The first-order chi connectivity index (χ1) is 15.0. The van der Waals surface area contributed by atoms with Crippen molar-refractivity contribution in [2.75, 3.05) is 0 Å². The summed E-state index contributed by atoms with van der Waals surface area (Å²) in [6, 6.07) is 15.3. The number of hydrogen-bond acceptors (Lipinski definition) is 3. The SMILES string of the molecule is C[C@@]1(C(=O)NC2CCCC2)Cn2c(nc3ccccc32)C(=O)N1Cc1ccccc1Cl. The van der Waals surface area contributed by atoms with E-state index in [4.69, 9.17) is 11.6 Å². The summed E-state index contributed by atoms with van der Waals surface area (Å²) in [7, 11) is 0. The van der Waals surface area contributed by atoms with Crippen molar-refractivity contribution in [2.24, 2.45) is 0 Å². The average molecular weight is 437 g/mol. The monoisotopic (exact) mass is 436 g/mol. The van der Waals surface area contributed by atoms with Gasteiger partial charge in [-0.25, -0.2) is 4.98 Å². The lowest BCUT2D eigenvalue weighted by Gasteiger charge is -2.44. The van der Waals surface area contributed by atoms with Crippen LogP contribution in [0.15, 0.2) is 48.5 Å². The summed E-state index contributed by atoms with van der Waals surface area (Å²) in [5.74, 6) is -0.0194. The first kappa shape index (κ1) is 20.1. The van der Waals surface area contributed by atoms with Gasteiger partial charge in [0, 0.05) is 17.6 Å². The van der Waals surface area contributed by atoms with Crippen LogP contribution in [0.25, 0.3) is 11.0 Å². The van der Waals surface area contributed by atoms with Crippen molar-refractivity contribution < 1.29 is 9.59 Å². The maximum absolute atomic E-state index is 13.7. The van der Waals surface area contributed by atoms with Crippen molar-refractivity contribution in [3.05, 3.63) is 64.9 Å². The van der Waals surface area contributed by atoms with Gasteiger partial charge in [0.15, 0.2) is 5.82 Å². The predicted molar refractivity (Wildman–Crippen MR) is 120 cm³/mol. The number of imidazole rings is 1. The van der Waals surface area contributed by atoms with Crippen LogP contribution in [0.5, 0.6) is 0 Å². The Morgan fingerprint density at radius 3 is 2.65 bits per heavy atom. The minimum Gasteiger partial charge on any atom is -0.351 e. The highest BCUT2D eigenvalue weighted by Gasteiger charge is 2.49. The minimum absolute atomic E-state index is 0.122. The molecule has 0 bridgehead atoms. The third-order valence-corrected chi connectivity index (χ3v) is 6.99. The Bertz CT molecular complexity index is 1170. The highest BCUT2D eigenvalue weighted by Crippen LogP contribution is 2.33. The molecule has 7 heteroatoms. The van der Waals surface area contributed by atoms with E-state index in [0.717, 1.165) is 42.3 Å². The summed E-state index contributed by atoms with van der Waals surface area (Å²) in [5, 5.41) is 3.79. The fourth-order valence-electron chi connectivity index (χ4n) is 4.79. The van der Waals surface area contributed by atoms with Gasteiger partial charge in [-0.3, -0.25) is 9.59 Å². The number of para-hydroxylation sites is 2. The molecule has 0 radical (unpaired) electrons. The second-order valence-electron chi connectivity index (χ2n) is 8.72. The van der Waals surface area contributed by atoms with Gasteiger partial charge in [0.2, 0.25) is 5.91 Å². The van der Waals surface area contributed by atoms with Gasteiger partial charge in [-0.2, -0.15) is 0 Å². The molecule has 1 atom stereocenters. The molecule has 31 heavy (non-hydrogen) atoms. The number of rotatable bonds is 4. The first-order valence-electron chi connectivity index (χ1n) is 10.8. The summed E-state index contributed by atoms with van der Waals surface area (Å²) < 4.78 is 1.88. The lowest BCUT2D eigenvalue weighted by molar-refractivity contribution is -0.133. The van der Waals surface area contributed by atoms with Gasteiger partial charge in [-0.15, -0.1) is 0 Å². The second-order valence-corrected chi connectivity index (χ2v) is 9.13. The number of nitrogens with zero attached hydrogens (tertiary/aromatic N) is 3. The molecule has 2 aromatic carbocycles. The topological polar surface area (TPSA) is 67.2 Å². The summed E-state index contributed by atoms with van der Waals surface area (Å²) >= 11 is 6.41. The van der Waals surface area contributed by atoms with Gasteiger partial charge >= 0.3 is 0 Å². The third kappa shape index (κ3) is 3.39. The van der Waals surface area contributed by atoms with E-state index in [0.29, 0.717) is 17.4 Å². The van der Waals surface area contributed by atoms with E-state index in [9.17, 15) is 9.59 Å². The van der Waals surface area contributed by atoms with Crippen LogP contribution < -0.4 is 5.32 Å². The number of carbonyl (C=O) groups excluding carboxylic acids is 2. The maximum atomic E-state index is 13.7. The number of hydrogen-bond donors (Lipinski definition) is 1. The number of fused-ring (bicyclic) bond motifs is 3. The third-order valence-electron chi connectivity index (χ3n) is 6.62. The molecule has 1 fully saturated rings. The van der Waals surface area contributed by atoms with E-state index >= 15 is 0 Å². The van der Waals surface area contributed by atoms with Crippen LogP contribution in [0.3, 0.4) is 0 Å². The molecule has 6 nitrogen and oxygen atoms in total. The van der Waals surface area contributed by atoms with Crippen LogP contribution in [0.4, 0.5) is 0 Å².